The van der Waals surface area contributed by atoms with Gasteiger partial charge in [0.1, 0.15) is 19.0 Å². The van der Waals surface area contributed by atoms with E-state index in [2.05, 4.69) is 10.2 Å². The lowest BCUT2D eigenvalue weighted by molar-refractivity contribution is -0.122. The summed E-state index contributed by atoms with van der Waals surface area (Å²) in [5.74, 6) is 0.590. The SMILES string of the molecule is CSc1ccc(OCCN2CCC3(CC2)C(=O)Nc2ccc(Cl)cc23)cc1C(F)CF. The van der Waals surface area contributed by atoms with E-state index in [4.69, 9.17) is 16.3 Å². The summed E-state index contributed by atoms with van der Waals surface area (Å²) in [5, 5.41) is 3.63. The highest BCUT2D eigenvalue weighted by molar-refractivity contribution is 7.98. The zero-order valence-electron chi connectivity index (χ0n) is 17.3. The van der Waals surface area contributed by atoms with Gasteiger partial charge in [0.15, 0.2) is 6.17 Å². The number of ether oxygens (including phenoxy) is 1. The Labute approximate surface area is 190 Å². The highest BCUT2D eigenvalue weighted by atomic mass is 35.5. The first-order valence-electron chi connectivity index (χ1n) is 10.3. The molecule has 2 aromatic carbocycles. The second-order valence-electron chi connectivity index (χ2n) is 7.94. The molecule has 166 valence electrons. The molecule has 0 aromatic heterocycles. The Hall–Kier alpha value is -1.83. The van der Waals surface area contributed by atoms with E-state index in [1.807, 2.05) is 18.4 Å². The molecule has 2 aliphatic rings. The molecule has 1 unspecified atom stereocenters. The molecule has 2 aromatic rings. The normalized spacial score (nSPS) is 18.6. The van der Waals surface area contributed by atoms with Gasteiger partial charge in [0.05, 0.1) is 5.41 Å². The molecule has 1 fully saturated rings. The molecule has 0 saturated carbocycles. The molecule has 8 heteroatoms. The maximum atomic E-state index is 13.9. The average molecular weight is 467 g/mol. The largest absolute Gasteiger partial charge is 0.492 e. The van der Waals surface area contributed by atoms with Crippen LogP contribution in [0.5, 0.6) is 5.75 Å². The van der Waals surface area contributed by atoms with E-state index in [0.29, 0.717) is 34.4 Å². The number of fused-ring (bicyclic) bond motifs is 2. The van der Waals surface area contributed by atoms with Gasteiger partial charge in [0, 0.05) is 27.7 Å². The average Bonchev–Trinajstić information content (AvgIpc) is 3.05. The van der Waals surface area contributed by atoms with Crippen molar-refractivity contribution >= 4 is 35.0 Å². The lowest BCUT2D eigenvalue weighted by Gasteiger charge is -2.38. The molecule has 2 heterocycles. The van der Waals surface area contributed by atoms with Gasteiger partial charge in [-0.2, -0.15) is 0 Å². The Morgan fingerprint density at radius 3 is 2.74 bits per heavy atom. The summed E-state index contributed by atoms with van der Waals surface area (Å²) >= 11 is 7.56. The maximum absolute atomic E-state index is 13.9. The maximum Gasteiger partial charge on any atom is 0.235 e. The van der Waals surface area contributed by atoms with Crippen LogP contribution < -0.4 is 10.1 Å². The number of thioether (sulfide) groups is 1. The van der Waals surface area contributed by atoms with Crippen LogP contribution in [0.25, 0.3) is 0 Å². The van der Waals surface area contributed by atoms with Crippen molar-refractivity contribution in [2.45, 2.75) is 29.3 Å². The molecule has 1 N–H and O–H groups in total. The van der Waals surface area contributed by atoms with Crippen LogP contribution >= 0.6 is 23.4 Å². The first-order chi connectivity index (χ1) is 15.0. The van der Waals surface area contributed by atoms with E-state index >= 15 is 0 Å². The van der Waals surface area contributed by atoms with Crippen LogP contribution in [0.3, 0.4) is 0 Å². The molecular formula is C23H25ClF2N2O2S. The summed E-state index contributed by atoms with van der Waals surface area (Å²) in [7, 11) is 0. The predicted octanol–water partition coefficient (Wildman–Crippen LogP) is 5.41. The van der Waals surface area contributed by atoms with Crippen LogP contribution in [0.15, 0.2) is 41.3 Å². The highest BCUT2D eigenvalue weighted by Gasteiger charge is 2.48. The summed E-state index contributed by atoms with van der Waals surface area (Å²) < 4.78 is 32.6. The fourth-order valence-corrected chi connectivity index (χ4v) is 5.26. The van der Waals surface area contributed by atoms with Crippen LogP contribution in [-0.2, 0) is 10.2 Å². The summed E-state index contributed by atoms with van der Waals surface area (Å²) in [4.78, 5) is 15.7. The van der Waals surface area contributed by atoms with Gasteiger partial charge in [-0.1, -0.05) is 11.6 Å². The number of piperidine rings is 1. The molecule has 2 aliphatic heterocycles. The number of hydrogen-bond acceptors (Lipinski definition) is 4. The minimum absolute atomic E-state index is 0.0516. The number of nitrogens with one attached hydrogen (secondary N) is 1. The van der Waals surface area contributed by atoms with Gasteiger partial charge in [0.25, 0.3) is 0 Å². The second kappa shape index (κ2) is 9.35. The Bertz CT molecular complexity index is 967. The molecule has 1 amide bonds. The number of anilines is 1. The highest BCUT2D eigenvalue weighted by Crippen LogP contribution is 2.45. The zero-order valence-corrected chi connectivity index (χ0v) is 18.9. The van der Waals surface area contributed by atoms with Crippen LogP contribution in [0.1, 0.15) is 30.1 Å². The van der Waals surface area contributed by atoms with E-state index in [0.717, 1.165) is 37.2 Å². The monoisotopic (exact) mass is 466 g/mol. The lowest BCUT2D eigenvalue weighted by atomic mass is 9.73. The van der Waals surface area contributed by atoms with Crippen molar-refractivity contribution in [3.63, 3.8) is 0 Å². The van der Waals surface area contributed by atoms with Crippen molar-refractivity contribution in [1.29, 1.82) is 0 Å². The summed E-state index contributed by atoms with van der Waals surface area (Å²) in [6.07, 6.45) is 1.64. The Morgan fingerprint density at radius 1 is 1.26 bits per heavy atom. The molecule has 0 bridgehead atoms. The number of rotatable bonds is 7. The molecule has 1 atom stereocenters. The van der Waals surface area contributed by atoms with Crippen molar-refractivity contribution < 1.29 is 18.3 Å². The van der Waals surface area contributed by atoms with Gasteiger partial charge in [-0.25, -0.2) is 8.78 Å². The first kappa shape index (κ1) is 22.4. The van der Waals surface area contributed by atoms with E-state index in [1.165, 1.54) is 11.8 Å². The zero-order chi connectivity index (χ0) is 22.0. The van der Waals surface area contributed by atoms with Crippen LogP contribution in [0, 0.1) is 0 Å². The summed E-state index contributed by atoms with van der Waals surface area (Å²) in [5.41, 5.74) is 1.67. The third kappa shape index (κ3) is 4.41. The molecule has 0 radical (unpaired) electrons. The topological polar surface area (TPSA) is 41.6 Å². The first-order valence-corrected chi connectivity index (χ1v) is 11.9. The molecule has 4 rings (SSSR count). The van der Waals surface area contributed by atoms with Crippen molar-refractivity contribution in [1.82, 2.24) is 4.90 Å². The van der Waals surface area contributed by atoms with Gasteiger partial charge < -0.3 is 10.1 Å². The fourth-order valence-electron chi connectivity index (χ4n) is 4.46. The number of alkyl halides is 2. The molecule has 0 aliphatic carbocycles. The number of nitrogens with zero attached hydrogens (tertiary/aromatic N) is 1. The fraction of sp³-hybridized carbons (Fsp3) is 0.435. The van der Waals surface area contributed by atoms with Gasteiger partial charge in [-0.3, -0.25) is 9.69 Å². The third-order valence-corrected chi connectivity index (χ3v) is 7.29. The van der Waals surface area contributed by atoms with Crippen molar-refractivity contribution in [2.24, 2.45) is 0 Å². The number of carbonyl (C=O) groups excluding carboxylic acids is 1. The number of halogens is 3. The third-order valence-electron chi connectivity index (χ3n) is 6.24. The van der Waals surface area contributed by atoms with Crippen LogP contribution in [0.2, 0.25) is 5.02 Å². The summed E-state index contributed by atoms with van der Waals surface area (Å²) in [6, 6.07) is 10.7. The standard InChI is InChI=1S/C23H25ClF2N2O2S/c1-31-21-5-3-16(13-17(21)19(26)14-25)30-11-10-28-8-6-23(7-9-28)18-12-15(24)2-4-20(18)27-22(23)29/h2-5,12-13,19H,6-11,14H2,1H3,(H,27,29). The number of likely N-dealkylation sites (tertiary alicyclic amines) is 1. The molecule has 1 spiro atoms. The van der Waals surface area contributed by atoms with Gasteiger partial charge in [0.2, 0.25) is 5.91 Å². The molecule has 31 heavy (non-hydrogen) atoms. The van der Waals surface area contributed by atoms with E-state index in [1.54, 1.807) is 24.3 Å². The van der Waals surface area contributed by atoms with Gasteiger partial charge in [-0.15, -0.1) is 11.8 Å². The molecule has 1 saturated heterocycles. The Kier molecular flexibility index (Phi) is 6.74. The van der Waals surface area contributed by atoms with Crippen molar-refractivity contribution in [3.8, 4) is 5.75 Å². The predicted molar refractivity (Wildman–Crippen MR) is 121 cm³/mol. The Morgan fingerprint density at radius 2 is 2.03 bits per heavy atom. The lowest BCUT2D eigenvalue weighted by Crippen LogP contribution is -2.47. The minimum Gasteiger partial charge on any atom is -0.492 e. The second-order valence-corrected chi connectivity index (χ2v) is 9.23. The quantitative estimate of drug-likeness (QED) is 0.554. The van der Waals surface area contributed by atoms with Crippen LogP contribution in [0.4, 0.5) is 14.5 Å². The van der Waals surface area contributed by atoms with Crippen LogP contribution in [-0.4, -0.2) is 50.0 Å². The minimum atomic E-state index is -1.64. The number of hydrogen-bond donors (Lipinski definition) is 1. The Balaban J connectivity index is 1.34. The molecular weight excluding hydrogens is 442 g/mol. The number of benzene rings is 2. The van der Waals surface area contributed by atoms with Crippen molar-refractivity contribution in [3.05, 3.63) is 52.5 Å². The number of amides is 1. The van der Waals surface area contributed by atoms with Gasteiger partial charge >= 0.3 is 0 Å². The smallest absolute Gasteiger partial charge is 0.235 e. The van der Waals surface area contributed by atoms with E-state index in [-0.39, 0.29) is 5.91 Å². The van der Waals surface area contributed by atoms with E-state index < -0.39 is 18.3 Å². The van der Waals surface area contributed by atoms with E-state index in [9.17, 15) is 13.6 Å². The van der Waals surface area contributed by atoms with Crippen molar-refractivity contribution in [2.75, 3.05) is 44.5 Å². The number of carbonyl (C=O) groups is 1. The molecule has 4 nitrogen and oxygen atoms in total. The van der Waals surface area contributed by atoms with Gasteiger partial charge in [-0.05, 0) is 74.1 Å². The summed E-state index contributed by atoms with van der Waals surface area (Å²) in [6.45, 7) is 1.63.